The lowest BCUT2D eigenvalue weighted by atomic mass is 9.80. The second-order valence-electron chi connectivity index (χ2n) is 15.2. The van der Waals surface area contributed by atoms with Crippen molar-refractivity contribution < 1.29 is 43.2 Å². The van der Waals surface area contributed by atoms with Gasteiger partial charge in [0.05, 0.1) is 38.3 Å². The number of methoxy groups -OCH3 is 2. The highest BCUT2D eigenvalue weighted by Crippen LogP contribution is 2.44. The van der Waals surface area contributed by atoms with Crippen molar-refractivity contribution in [3.05, 3.63) is 179 Å². The maximum absolute atomic E-state index is 13.8. The Kier molecular flexibility index (Phi) is 11.7. The lowest BCUT2D eigenvalue weighted by Gasteiger charge is -2.37. The molecule has 0 aliphatic carbocycles. The van der Waals surface area contributed by atoms with Gasteiger partial charge in [0.15, 0.2) is 23.2 Å². The molecule has 5 aromatic carbocycles. The number of aromatic nitrogens is 4. The Hall–Kier alpha value is -7.30. The molecule has 15 heteroatoms. The number of hydrogen-bond acceptors (Lipinski definition) is 12. The minimum atomic E-state index is -1.40. The van der Waals surface area contributed by atoms with Crippen LogP contribution in [0.4, 0.5) is 5.82 Å². The van der Waals surface area contributed by atoms with E-state index in [9.17, 15) is 19.5 Å². The van der Waals surface area contributed by atoms with Gasteiger partial charge in [-0.1, -0.05) is 91.9 Å². The fraction of sp³-hybridized carbons (Fsp3) is 0.224. The average Bonchev–Trinajstić information content (AvgIpc) is 4.00. The fourth-order valence-corrected chi connectivity index (χ4v) is 8.40. The molecular weight excluding hydrogens is 817 g/mol. The van der Waals surface area contributed by atoms with E-state index >= 15 is 0 Å². The van der Waals surface area contributed by atoms with Crippen LogP contribution in [0.3, 0.4) is 0 Å². The molecule has 0 bridgehead atoms. The minimum absolute atomic E-state index is 0.151. The van der Waals surface area contributed by atoms with Crippen LogP contribution in [0.25, 0.3) is 11.2 Å². The number of hydrogen-bond donors (Lipinski definition) is 2. The van der Waals surface area contributed by atoms with Crippen molar-refractivity contribution in [2.45, 2.75) is 49.7 Å². The molecule has 7 aromatic rings. The van der Waals surface area contributed by atoms with Gasteiger partial charge in [0.1, 0.15) is 48.0 Å². The highest BCUT2D eigenvalue weighted by Gasteiger charge is 2.51. The zero-order chi connectivity index (χ0) is 44.4. The molecule has 2 aliphatic heterocycles. The molecular formula is C49H44N6O9. The molecule has 0 saturated carbocycles. The zero-order valence-corrected chi connectivity index (χ0v) is 35.1. The van der Waals surface area contributed by atoms with Crippen LogP contribution in [-0.4, -0.2) is 92.6 Å². The van der Waals surface area contributed by atoms with Crippen LogP contribution in [0.5, 0.6) is 11.5 Å². The van der Waals surface area contributed by atoms with Gasteiger partial charge in [0.2, 0.25) is 0 Å². The van der Waals surface area contributed by atoms with Crippen molar-refractivity contribution in [1.82, 2.24) is 24.4 Å². The standard InChI is InChI=1S/C49H44N6O9/c1-4-39(55-46(58)36-17-11-12-18-37(36)47(55)59)64-42-41(56)38(63-48(42)54-29-52-40-43(50-28-51-44(40)54)53-45(57)30-13-7-5-8-14-30)27-62-49(31-15-9-6-10-16-31,32-19-23-34(60-2)24-20-32)33-21-25-35(61-3)26-22-33/h5-26,28-29,38-39,41-42,48,56H,4,27H2,1-3H3,(H,50,51,53,57)/t38-,39?,41-,42-,48-/m1/s1. The molecule has 2 aliphatic rings. The molecule has 1 saturated heterocycles. The van der Waals surface area contributed by atoms with E-state index < -0.39 is 54.1 Å². The SMILES string of the molecule is CCC(O[C@@H]1[C@H](O)[C@@H](COC(c2ccccc2)(c2ccc(OC)cc2)c2ccc(OC)cc2)O[C@H]1n1cnc2c(NC(=O)c3ccccc3)ncnc21)N1C(=O)c2ccccc2C1=O. The van der Waals surface area contributed by atoms with Crippen molar-refractivity contribution in [3.63, 3.8) is 0 Å². The number of nitrogens with one attached hydrogen (secondary N) is 1. The van der Waals surface area contributed by atoms with Crippen LogP contribution >= 0.6 is 0 Å². The van der Waals surface area contributed by atoms with Crippen molar-refractivity contribution in [3.8, 4) is 11.5 Å². The summed E-state index contributed by atoms with van der Waals surface area (Å²) in [4.78, 5) is 55.3. The highest BCUT2D eigenvalue weighted by molar-refractivity contribution is 6.21. The van der Waals surface area contributed by atoms with Crippen LogP contribution < -0.4 is 14.8 Å². The maximum atomic E-state index is 13.8. The van der Waals surface area contributed by atoms with Crippen LogP contribution in [0.15, 0.2) is 146 Å². The summed E-state index contributed by atoms with van der Waals surface area (Å²) in [6.07, 6.45) is -2.99. The third kappa shape index (κ3) is 7.53. The number of nitrogens with zero attached hydrogens (tertiary/aromatic N) is 5. The maximum Gasteiger partial charge on any atom is 0.263 e. The number of anilines is 1. The molecule has 2 N–H and O–H groups in total. The molecule has 3 amide bonds. The summed E-state index contributed by atoms with van der Waals surface area (Å²) in [5.41, 5.74) is 2.51. The second-order valence-corrected chi connectivity index (χ2v) is 15.2. The van der Waals surface area contributed by atoms with E-state index in [0.717, 1.165) is 21.6 Å². The number of amides is 3. The highest BCUT2D eigenvalue weighted by atomic mass is 16.6. The Morgan fingerprint density at radius 2 is 1.33 bits per heavy atom. The molecule has 15 nitrogen and oxygen atoms in total. The summed E-state index contributed by atoms with van der Waals surface area (Å²) in [6.45, 7) is 1.60. The van der Waals surface area contributed by atoms with Crippen LogP contribution in [0.1, 0.15) is 67.3 Å². The molecule has 1 fully saturated rings. The zero-order valence-electron chi connectivity index (χ0n) is 35.1. The number of imidazole rings is 1. The van der Waals surface area contributed by atoms with Gasteiger partial charge >= 0.3 is 0 Å². The number of benzene rings is 5. The lowest BCUT2D eigenvalue weighted by Crippen LogP contribution is -2.47. The van der Waals surface area contributed by atoms with Gasteiger partial charge < -0.3 is 34.1 Å². The van der Waals surface area contributed by atoms with E-state index in [1.165, 1.54) is 12.7 Å². The second kappa shape index (κ2) is 17.8. The number of carbonyl (C=O) groups excluding carboxylic acids is 3. The van der Waals surface area contributed by atoms with Crippen LogP contribution in [0.2, 0.25) is 0 Å². The van der Waals surface area contributed by atoms with Crippen molar-refractivity contribution in [2.24, 2.45) is 0 Å². The molecule has 1 unspecified atom stereocenters. The van der Waals surface area contributed by atoms with Crippen molar-refractivity contribution >= 4 is 34.7 Å². The Balaban J connectivity index is 1.10. The molecule has 324 valence electrons. The van der Waals surface area contributed by atoms with E-state index in [1.807, 2.05) is 84.9 Å². The van der Waals surface area contributed by atoms with Crippen LogP contribution in [-0.2, 0) is 19.8 Å². The van der Waals surface area contributed by atoms with Gasteiger partial charge in [-0.3, -0.25) is 19.0 Å². The number of carbonyl (C=O) groups is 3. The number of aliphatic hydroxyl groups excluding tert-OH is 1. The first-order valence-electron chi connectivity index (χ1n) is 20.7. The largest absolute Gasteiger partial charge is 0.497 e. The van der Waals surface area contributed by atoms with Gasteiger partial charge in [-0.25, -0.2) is 19.9 Å². The monoisotopic (exact) mass is 860 g/mol. The predicted octanol–water partition coefficient (Wildman–Crippen LogP) is 6.78. The van der Waals surface area contributed by atoms with E-state index in [2.05, 4.69) is 20.3 Å². The summed E-state index contributed by atoms with van der Waals surface area (Å²) in [6, 6.07) is 40.1. The smallest absolute Gasteiger partial charge is 0.263 e. The summed E-state index contributed by atoms with van der Waals surface area (Å²) < 4.78 is 33.3. The lowest BCUT2D eigenvalue weighted by molar-refractivity contribution is -0.132. The Labute approximate surface area is 368 Å². The first-order chi connectivity index (χ1) is 31.2. The third-order valence-corrected chi connectivity index (χ3v) is 11.6. The number of ether oxygens (including phenoxy) is 5. The van der Waals surface area contributed by atoms with Gasteiger partial charge in [-0.15, -0.1) is 0 Å². The number of rotatable bonds is 15. The van der Waals surface area contributed by atoms with E-state index in [-0.39, 0.29) is 41.1 Å². The average molecular weight is 861 g/mol. The quantitative estimate of drug-likeness (QED) is 0.0818. The predicted molar refractivity (Wildman–Crippen MR) is 234 cm³/mol. The number of aliphatic hydroxyl groups is 1. The Morgan fingerprint density at radius 1 is 0.766 bits per heavy atom. The van der Waals surface area contributed by atoms with Crippen molar-refractivity contribution in [1.29, 1.82) is 0 Å². The first kappa shape index (κ1) is 42.0. The summed E-state index contributed by atoms with van der Waals surface area (Å²) >= 11 is 0. The first-order valence-corrected chi connectivity index (χ1v) is 20.7. The van der Waals surface area contributed by atoms with Gasteiger partial charge in [-0.05, 0) is 71.6 Å². The fourth-order valence-electron chi connectivity index (χ4n) is 8.40. The molecule has 9 rings (SSSR count). The molecule has 64 heavy (non-hydrogen) atoms. The minimum Gasteiger partial charge on any atom is -0.497 e. The molecule has 0 radical (unpaired) electrons. The Morgan fingerprint density at radius 3 is 1.91 bits per heavy atom. The van der Waals surface area contributed by atoms with Gasteiger partial charge in [0, 0.05) is 5.56 Å². The topological polar surface area (TPSA) is 176 Å². The number of imide groups is 1. The Bertz CT molecular complexity index is 2700. The van der Waals surface area contributed by atoms with Crippen LogP contribution in [0, 0.1) is 0 Å². The molecule has 5 atom stereocenters. The summed E-state index contributed by atoms with van der Waals surface area (Å²) in [7, 11) is 3.20. The van der Waals surface area contributed by atoms with Crippen molar-refractivity contribution in [2.75, 3.05) is 26.1 Å². The molecule has 0 spiro atoms. The molecule has 4 heterocycles. The van der Waals surface area contributed by atoms with Gasteiger partial charge in [0.25, 0.3) is 17.7 Å². The third-order valence-electron chi connectivity index (χ3n) is 11.6. The molecule has 2 aromatic heterocycles. The van der Waals surface area contributed by atoms with Gasteiger partial charge in [-0.2, -0.15) is 0 Å². The number of fused-ring (bicyclic) bond motifs is 2. The van der Waals surface area contributed by atoms with E-state index in [0.29, 0.717) is 17.1 Å². The summed E-state index contributed by atoms with van der Waals surface area (Å²) in [5.74, 6) is 0.0363. The van der Waals surface area contributed by atoms with E-state index in [1.54, 1.807) is 74.2 Å². The summed E-state index contributed by atoms with van der Waals surface area (Å²) in [5, 5.41) is 15.3. The van der Waals surface area contributed by atoms with E-state index in [4.69, 9.17) is 23.7 Å². The normalized spacial score (nSPS) is 18.8.